The summed E-state index contributed by atoms with van der Waals surface area (Å²) in [4.78, 5) is 3.24. The highest BCUT2D eigenvalue weighted by Crippen LogP contribution is 2.31. The molecule has 2 atom stereocenters. The van der Waals surface area contributed by atoms with Crippen LogP contribution in [0.3, 0.4) is 0 Å². The van der Waals surface area contributed by atoms with Crippen molar-refractivity contribution in [3.63, 3.8) is 0 Å². The Kier molecular flexibility index (Phi) is 4.53. The minimum atomic E-state index is -0.388. The number of rotatable bonds is 5. The van der Waals surface area contributed by atoms with Crippen LogP contribution in [0.15, 0.2) is 47.8 Å². The van der Waals surface area contributed by atoms with Crippen LogP contribution in [0.5, 0.6) is 0 Å². The van der Waals surface area contributed by atoms with Gasteiger partial charge in [-0.3, -0.25) is 0 Å². The number of aliphatic hydroxyl groups is 1. The molecule has 1 aromatic carbocycles. The predicted octanol–water partition coefficient (Wildman–Crippen LogP) is 2.80. The number of aliphatic hydroxyl groups excluding tert-OH is 1. The molecule has 96 valence electrons. The summed E-state index contributed by atoms with van der Waals surface area (Å²) in [5.74, 6) is 0.0635. The summed E-state index contributed by atoms with van der Waals surface area (Å²) in [5, 5.41) is 12.5. The van der Waals surface area contributed by atoms with Crippen LogP contribution < -0.4 is 0 Å². The molecule has 0 bridgehead atoms. The van der Waals surface area contributed by atoms with Crippen LogP contribution in [0, 0.1) is 0 Å². The maximum absolute atomic E-state index is 10.5. The Bertz CT molecular complexity index is 453. The number of nitrogens with zero attached hydrogens (tertiary/aromatic N) is 1. The molecular formula is C15H19NOS. The van der Waals surface area contributed by atoms with Gasteiger partial charge in [0.2, 0.25) is 0 Å². The van der Waals surface area contributed by atoms with E-state index in [0.29, 0.717) is 6.54 Å². The smallest absolute Gasteiger partial charge is 0.0783 e. The number of thiophene rings is 1. The van der Waals surface area contributed by atoms with Crippen LogP contribution in [0.4, 0.5) is 0 Å². The summed E-state index contributed by atoms with van der Waals surface area (Å²) in [6, 6.07) is 14.4. The van der Waals surface area contributed by atoms with E-state index in [2.05, 4.69) is 23.6 Å². The Labute approximate surface area is 113 Å². The van der Waals surface area contributed by atoms with E-state index in [1.807, 2.05) is 43.3 Å². The molecule has 2 aromatic rings. The quantitative estimate of drug-likeness (QED) is 0.894. The van der Waals surface area contributed by atoms with E-state index >= 15 is 0 Å². The summed E-state index contributed by atoms with van der Waals surface area (Å²) in [5.41, 5.74) is 1.18. The maximum atomic E-state index is 10.5. The zero-order valence-electron chi connectivity index (χ0n) is 10.8. The average Bonchev–Trinajstić information content (AvgIpc) is 2.83. The predicted molar refractivity (Wildman–Crippen MR) is 77.2 cm³/mol. The molecule has 0 amide bonds. The first-order chi connectivity index (χ1) is 8.68. The molecule has 0 fully saturated rings. The normalized spacial score (nSPS) is 14.7. The first-order valence-electron chi connectivity index (χ1n) is 6.09. The van der Waals surface area contributed by atoms with E-state index < -0.39 is 0 Å². The molecule has 0 unspecified atom stereocenters. The molecule has 2 rings (SSSR count). The molecule has 1 heterocycles. The molecule has 0 radical (unpaired) electrons. The third kappa shape index (κ3) is 3.19. The third-order valence-corrected chi connectivity index (χ3v) is 3.90. The number of hydrogen-bond donors (Lipinski definition) is 1. The molecule has 1 N–H and O–H groups in total. The number of likely N-dealkylation sites (N-methyl/N-ethyl adjacent to an activating group) is 1. The highest BCUT2D eigenvalue weighted by molar-refractivity contribution is 7.10. The van der Waals surface area contributed by atoms with Gasteiger partial charge >= 0.3 is 0 Å². The van der Waals surface area contributed by atoms with Gasteiger partial charge in [0.1, 0.15) is 0 Å². The van der Waals surface area contributed by atoms with E-state index in [1.165, 1.54) is 10.4 Å². The van der Waals surface area contributed by atoms with Crippen LogP contribution in [-0.2, 0) is 0 Å². The van der Waals surface area contributed by atoms with Crippen molar-refractivity contribution in [1.82, 2.24) is 4.90 Å². The van der Waals surface area contributed by atoms with Gasteiger partial charge in [-0.1, -0.05) is 36.4 Å². The summed E-state index contributed by atoms with van der Waals surface area (Å²) in [6.07, 6.45) is -0.388. The summed E-state index contributed by atoms with van der Waals surface area (Å²) in [6.45, 7) is 0.664. The SMILES string of the molecule is CN(C)C[C@@H](O)[C@@H](c1ccccc1)c1cccs1. The molecule has 0 aliphatic carbocycles. The van der Waals surface area contributed by atoms with Gasteiger partial charge in [0.05, 0.1) is 6.10 Å². The van der Waals surface area contributed by atoms with Crippen molar-refractivity contribution < 1.29 is 5.11 Å². The van der Waals surface area contributed by atoms with E-state index in [1.54, 1.807) is 11.3 Å². The minimum absolute atomic E-state index is 0.0635. The van der Waals surface area contributed by atoms with Crippen molar-refractivity contribution in [3.05, 3.63) is 58.3 Å². The molecule has 0 aliphatic heterocycles. The lowest BCUT2D eigenvalue weighted by molar-refractivity contribution is 0.122. The van der Waals surface area contributed by atoms with Crippen molar-refractivity contribution in [1.29, 1.82) is 0 Å². The number of hydrogen-bond acceptors (Lipinski definition) is 3. The molecule has 0 aliphatic rings. The Morgan fingerprint density at radius 3 is 2.39 bits per heavy atom. The lowest BCUT2D eigenvalue weighted by Gasteiger charge is -2.25. The topological polar surface area (TPSA) is 23.5 Å². The maximum Gasteiger partial charge on any atom is 0.0783 e. The first-order valence-corrected chi connectivity index (χ1v) is 6.97. The highest BCUT2D eigenvalue weighted by Gasteiger charge is 2.24. The molecule has 3 heteroatoms. The monoisotopic (exact) mass is 261 g/mol. The Morgan fingerprint density at radius 1 is 1.11 bits per heavy atom. The van der Waals surface area contributed by atoms with E-state index in [4.69, 9.17) is 0 Å². The van der Waals surface area contributed by atoms with Gasteiger partial charge in [0.15, 0.2) is 0 Å². The van der Waals surface area contributed by atoms with Gasteiger partial charge in [0.25, 0.3) is 0 Å². The van der Waals surface area contributed by atoms with Crippen LogP contribution in [0.1, 0.15) is 16.4 Å². The van der Waals surface area contributed by atoms with Crippen molar-refractivity contribution in [2.75, 3.05) is 20.6 Å². The molecule has 2 nitrogen and oxygen atoms in total. The van der Waals surface area contributed by atoms with Gasteiger partial charge in [-0.05, 0) is 31.1 Å². The van der Waals surface area contributed by atoms with Gasteiger partial charge in [0, 0.05) is 17.3 Å². The average molecular weight is 261 g/mol. The highest BCUT2D eigenvalue weighted by atomic mass is 32.1. The molecule has 18 heavy (non-hydrogen) atoms. The first kappa shape index (κ1) is 13.3. The fourth-order valence-electron chi connectivity index (χ4n) is 2.18. The van der Waals surface area contributed by atoms with Crippen molar-refractivity contribution in [2.45, 2.75) is 12.0 Å². The second kappa shape index (κ2) is 6.14. The van der Waals surface area contributed by atoms with Gasteiger partial charge in [-0.15, -0.1) is 11.3 Å². The molecule has 0 saturated carbocycles. The van der Waals surface area contributed by atoms with E-state index in [0.717, 1.165) is 0 Å². The summed E-state index contributed by atoms with van der Waals surface area (Å²) < 4.78 is 0. The zero-order valence-corrected chi connectivity index (χ0v) is 11.6. The molecule has 0 saturated heterocycles. The molecule has 1 aromatic heterocycles. The molecular weight excluding hydrogens is 242 g/mol. The van der Waals surface area contributed by atoms with E-state index in [-0.39, 0.29) is 12.0 Å². The van der Waals surface area contributed by atoms with Crippen LogP contribution in [0.2, 0.25) is 0 Å². The van der Waals surface area contributed by atoms with Crippen LogP contribution >= 0.6 is 11.3 Å². The lowest BCUT2D eigenvalue weighted by atomic mass is 9.91. The van der Waals surface area contributed by atoms with Crippen LogP contribution in [-0.4, -0.2) is 36.8 Å². The lowest BCUT2D eigenvalue weighted by Crippen LogP contribution is -2.31. The standard InChI is InChI=1S/C15H19NOS/c1-16(2)11-13(17)15(14-9-6-10-18-14)12-7-4-3-5-8-12/h3-10,13,15,17H,11H2,1-2H3/t13-,15-/m1/s1. The Balaban J connectivity index is 2.29. The number of benzene rings is 1. The minimum Gasteiger partial charge on any atom is -0.391 e. The van der Waals surface area contributed by atoms with Gasteiger partial charge in [-0.2, -0.15) is 0 Å². The largest absolute Gasteiger partial charge is 0.391 e. The van der Waals surface area contributed by atoms with Crippen LogP contribution in [0.25, 0.3) is 0 Å². The van der Waals surface area contributed by atoms with E-state index in [9.17, 15) is 5.11 Å². The summed E-state index contributed by atoms with van der Waals surface area (Å²) >= 11 is 1.70. The second-order valence-corrected chi connectivity index (χ2v) is 5.71. The second-order valence-electron chi connectivity index (χ2n) is 4.73. The van der Waals surface area contributed by atoms with Gasteiger partial charge in [-0.25, -0.2) is 0 Å². The fourth-order valence-corrected chi connectivity index (χ4v) is 3.10. The fraction of sp³-hybridized carbons (Fsp3) is 0.333. The van der Waals surface area contributed by atoms with Gasteiger partial charge < -0.3 is 10.0 Å². The van der Waals surface area contributed by atoms with Crippen molar-refractivity contribution in [3.8, 4) is 0 Å². The Morgan fingerprint density at radius 2 is 1.83 bits per heavy atom. The van der Waals surface area contributed by atoms with Crippen molar-refractivity contribution in [2.24, 2.45) is 0 Å². The summed E-state index contributed by atoms with van der Waals surface area (Å²) in [7, 11) is 3.97. The Hall–Kier alpha value is -1.16. The third-order valence-electron chi connectivity index (χ3n) is 2.95. The zero-order chi connectivity index (χ0) is 13.0. The van der Waals surface area contributed by atoms with Crippen molar-refractivity contribution >= 4 is 11.3 Å². The molecule has 0 spiro atoms.